The third-order valence-electron chi connectivity index (χ3n) is 2.45. The first-order valence-corrected chi connectivity index (χ1v) is 6.69. The summed E-state index contributed by atoms with van der Waals surface area (Å²) in [6.45, 7) is 0.666. The molecule has 0 spiro atoms. The number of benzene rings is 1. The summed E-state index contributed by atoms with van der Waals surface area (Å²) < 4.78 is 59.3. The molecule has 1 aromatic carbocycles. The van der Waals surface area contributed by atoms with Crippen LogP contribution >= 0.6 is 0 Å². The summed E-state index contributed by atoms with van der Waals surface area (Å²) in [5.41, 5.74) is 0. The molecule has 100 valence electrons. The third kappa shape index (κ3) is 2.77. The van der Waals surface area contributed by atoms with Gasteiger partial charge in [0.2, 0.25) is 10.0 Å². The molecule has 1 heterocycles. The molecule has 0 saturated carbocycles. The average molecular weight is 279 g/mol. The molecule has 2 rings (SSSR count). The maximum absolute atomic E-state index is 13.6. The van der Waals surface area contributed by atoms with E-state index in [1.54, 1.807) is 0 Å². The molecule has 1 unspecified atom stereocenters. The minimum Gasteiger partial charge on any atom is -0.483 e. The van der Waals surface area contributed by atoms with Crippen molar-refractivity contribution in [3.05, 3.63) is 23.8 Å². The predicted octanol–water partition coefficient (Wildman–Crippen LogP) is 0.780. The Bertz CT molecular complexity index is 555. The molecular weight excluding hydrogens is 268 g/mol. The van der Waals surface area contributed by atoms with Gasteiger partial charge < -0.3 is 9.47 Å². The van der Waals surface area contributed by atoms with Crippen LogP contribution in [0.4, 0.5) is 8.78 Å². The maximum Gasteiger partial charge on any atom is 0.241 e. The van der Waals surface area contributed by atoms with Crippen molar-refractivity contribution in [1.29, 1.82) is 0 Å². The molecule has 0 amide bonds. The smallest absolute Gasteiger partial charge is 0.241 e. The Kier molecular flexibility index (Phi) is 3.51. The first kappa shape index (κ1) is 13.2. The summed E-state index contributed by atoms with van der Waals surface area (Å²) in [6.07, 6.45) is 0.0337. The van der Waals surface area contributed by atoms with Crippen LogP contribution in [0.3, 0.4) is 0 Å². The number of rotatable bonds is 3. The van der Waals surface area contributed by atoms with Crippen molar-refractivity contribution in [2.45, 2.75) is 17.4 Å². The molecule has 1 aromatic rings. The molecule has 0 aromatic heterocycles. The van der Waals surface area contributed by atoms with Crippen LogP contribution in [-0.4, -0.2) is 27.7 Å². The molecule has 0 bridgehead atoms. The van der Waals surface area contributed by atoms with E-state index < -0.39 is 38.4 Å². The lowest BCUT2D eigenvalue weighted by molar-refractivity contribution is 0.135. The van der Waals surface area contributed by atoms with Crippen LogP contribution < -0.4 is 9.88 Å². The molecule has 1 aliphatic heterocycles. The predicted molar refractivity (Wildman–Crippen MR) is 57.6 cm³/mol. The van der Waals surface area contributed by atoms with E-state index in [4.69, 9.17) is 14.6 Å². The number of hydrogen-bond donors (Lipinski definition) is 1. The van der Waals surface area contributed by atoms with E-state index in [9.17, 15) is 17.2 Å². The van der Waals surface area contributed by atoms with E-state index >= 15 is 0 Å². The van der Waals surface area contributed by atoms with Gasteiger partial charge in [0.1, 0.15) is 16.8 Å². The number of ether oxygens (including phenoxy) is 2. The van der Waals surface area contributed by atoms with Crippen molar-refractivity contribution in [3.8, 4) is 5.75 Å². The third-order valence-corrected chi connectivity index (χ3v) is 3.37. The Morgan fingerprint density at radius 2 is 2.11 bits per heavy atom. The van der Waals surface area contributed by atoms with Gasteiger partial charge in [0, 0.05) is 12.5 Å². The van der Waals surface area contributed by atoms with Crippen molar-refractivity contribution in [1.82, 2.24) is 0 Å². The van der Waals surface area contributed by atoms with E-state index in [2.05, 4.69) is 0 Å². The van der Waals surface area contributed by atoms with Crippen molar-refractivity contribution in [3.63, 3.8) is 0 Å². The van der Waals surface area contributed by atoms with Crippen LogP contribution in [0.5, 0.6) is 5.75 Å². The van der Waals surface area contributed by atoms with Gasteiger partial charge in [-0.25, -0.2) is 22.3 Å². The van der Waals surface area contributed by atoms with Crippen LogP contribution in [0, 0.1) is 11.6 Å². The molecule has 5 nitrogen and oxygen atoms in total. The first-order valence-electron chi connectivity index (χ1n) is 5.14. The minimum absolute atomic E-state index is 0.223. The van der Waals surface area contributed by atoms with E-state index in [0.717, 1.165) is 0 Å². The van der Waals surface area contributed by atoms with Gasteiger partial charge in [-0.2, -0.15) is 0 Å². The molecule has 1 atom stereocenters. The zero-order valence-corrected chi connectivity index (χ0v) is 10.0. The lowest BCUT2D eigenvalue weighted by atomic mass is 10.3. The molecule has 8 heteroatoms. The number of sulfonamides is 1. The second kappa shape index (κ2) is 4.79. The highest BCUT2D eigenvalue weighted by atomic mass is 32.2. The van der Waals surface area contributed by atoms with Gasteiger partial charge in [-0.3, -0.25) is 0 Å². The Balaban J connectivity index is 2.43. The molecule has 1 saturated heterocycles. The average Bonchev–Trinajstić information content (AvgIpc) is 2.72. The molecular formula is C10H11F2NO4S. The SMILES string of the molecule is NS(=O)(=O)c1cc(F)cc(F)c1OC1CCOC1. The summed E-state index contributed by atoms with van der Waals surface area (Å²) in [5, 5.41) is 4.90. The van der Waals surface area contributed by atoms with Crippen molar-refractivity contribution >= 4 is 10.0 Å². The van der Waals surface area contributed by atoms with Gasteiger partial charge >= 0.3 is 0 Å². The number of hydrogen-bond acceptors (Lipinski definition) is 4. The van der Waals surface area contributed by atoms with E-state index in [1.165, 1.54) is 0 Å². The van der Waals surface area contributed by atoms with Crippen molar-refractivity contribution in [2.75, 3.05) is 13.2 Å². The van der Waals surface area contributed by atoms with Gasteiger partial charge in [0.05, 0.1) is 13.2 Å². The Morgan fingerprint density at radius 1 is 1.39 bits per heavy atom. The molecule has 0 aliphatic carbocycles. The number of nitrogens with two attached hydrogens (primary N) is 1. The van der Waals surface area contributed by atoms with Crippen LogP contribution in [-0.2, 0) is 14.8 Å². The molecule has 1 fully saturated rings. The molecule has 1 aliphatic rings. The van der Waals surface area contributed by atoms with E-state index in [1.807, 2.05) is 0 Å². The highest BCUT2D eigenvalue weighted by Crippen LogP contribution is 2.29. The summed E-state index contributed by atoms with van der Waals surface area (Å²) in [4.78, 5) is -0.702. The Hall–Kier alpha value is -1.25. The minimum atomic E-state index is -4.27. The second-order valence-corrected chi connectivity index (χ2v) is 5.39. The van der Waals surface area contributed by atoms with Crippen LogP contribution in [0.2, 0.25) is 0 Å². The van der Waals surface area contributed by atoms with Gasteiger partial charge in [-0.15, -0.1) is 0 Å². The quantitative estimate of drug-likeness (QED) is 0.886. The summed E-state index contributed by atoms with van der Waals surface area (Å²) in [7, 11) is -4.27. The summed E-state index contributed by atoms with van der Waals surface area (Å²) in [5.74, 6) is -2.70. The zero-order chi connectivity index (χ0) is 13.3. The maximum atomic E-state index is 13.6. The van der Waals surface area contributed by atoms with Gasteiger partial charge in [-0.05, 0) is 6.07 Å². The number of primary sulfonamides is 1. The summed E-state index contributed by atoms with van der Waals surface area (Å²) >= 11 is 0. The first-order chi connectivity index (χ1) is 8.38. The van der Waals surface area contributed by atoms with E-state index in [0.29, 0.717) is 25.2 Å². The van der Waals surface area contributed by atoms with Crippen LogP contribution in [0.25, 0.3) is 0 Å². The van der Waals surface area contributed by atoms with Crippen molar-refractivity contribution < 1.29 is 26.7 Å². The monoisotopic (exact) mass is 279 g/mol. The lowest BCUT2D eigenvalue weighted by Crippen LogP contribution is -2.21. The fraction of sp³-hybridized carbons (Fsp3) is 0.400. The highest BCUT2D eigenvalue weighted by molar-refractivity contribution is 7.89. The summed E-state index contributed by atoms with van der Waals surface area (Å²) in [6, 6.07) is 1.17. The Labute approximate surface area is 103 Å². The molecule has 0 radical (unpaired) electrons. The van der Waals surface area contributed by atoms with Crippen LogP contribution in [0.1, 0.15) is 6.42 Å². The topological polar surface area (TPSA) is 78.6 Å². The zero-order valence-electron chi connectivity index (χ0n) is 9.23. The number of halogens is 2. The van der Waals surface area contributed by atoms with Gasteiger partial charge in [-0.1, -0.05) is 0 Å². The lowest BCUT2D eigenvalue weighted by Gasteiger charge is -2.15. The van der Waals surface area contributed by atoms with E-state index in [-0.39, 0.29) is 6.61 Å². The fourth-order valence-electron chi connectivity index (χ4n) is 1.63. The van der Waals surface area contributed by atoms with Crippen molar-refractivity contribution in [2.24, 2.45) is 5.14 Å². The highest BCUT2D eigenvalue weighted by Gasteiger charge is 2.25. The van der Waals surface area contributed by atoms with Crippen LogP contribution in [0.15, 0.2) is 17.0 Å². The Morgan fingerprint density at radius 3 is 2.67 bits per heavy atom. The van der Waals surface area contributed by atoms with Gasteiger partial charge in [0.25, 0.3) is 0 Å². The molecule has 2 N–H and O–H groups in total. The second-order valence-electron chi connectivity index (χ2n) is 3.86. The van der Waals surface area contributed by atoms with Gasteiger partial charge in [0.15, 0.2) is 11.6 Å². The normalized spacial score (nSPS) is 20.1. The standard InChI is InChI=1S/C10H11F2NO4S/c11-6-3-8(12)10(9(4-6)18(13,14)15)17-7-1-2-16-5-7/h3-4,7H,1-2,5H2,(H2,13,14,15). The largest absolute Gasteiger partial charge is 0.483 e. The molecule has 18 heavy (non-hydrogen) atoms. The fourth-order valence-corrected chi connectivity index (χ4v) is 2.32.